The van der Waals surface area contributed by atoms with Crippen LogP contribution < -0.4 is 0 Å². The van der Waals surface area contributed by atoms with Crippen LogP contribution in [0.1, 0.15) is 131 Å². The first-order chi connectivity index (χ1) is 27.8. The molecule has 332 valence electrons. The van der Waals surface area contributed by atoms with Crippen LogP contribution in [0, 0.1) is 35.5 Å². The number of aliphatic hydroxyl groups excluding tert-OH is 4. The van der Waals surface area contributed by atoms with E-state index < -0.39 is 72.5 Å². The van der Waals surface area contributed by atoms with Gasteiger partial charge < -0.3 is 39.9 Å². The molecule has 2 unspecified atom stereocenters. The van der Waals surface area contributed by atoms with Crippen molar-refractivity contribution in [1.82, 2.24) is 4.90 Å². The van der Waals surface area contributed by atoms with Gasteiger partial charge in [-0.25, -0.2) is 4.79 Å². The molecule has 1 aliphatic carbocycles. The number of amides is 1. The lowest BCUT2D eigenvalue weighted by atomic mass is 9.79. The average molecular weight is 828 g/mol. The molecule has 2 saturated heterocycles. The van der Waals surface area contributed by atoms with Gasteiger partial charge in [-0.2, -0.15) is 0 Å². The number of fused-ring (bicyclic) bond motifs is 3. The molecule has 0 spiro atoms. The molecule has 3 fully saturated rings. The molecule has 0 aromatic heterocycles. The van der Waals surface area contributed by atoms with Gasteiger partial charge in [0.15, 0.2) is 5.79 Å². The first kappa shape index (κ1) is 48.7. The molecule has 3 aliphatic heterocycles. The van der Waals surface area contributed by atoms with Crippen molar-refractivity contribution >= 4 is 23.4 Å². The number of esters is 1. The van der Waals surface area contributed by atoms with Crippen molar-refractivity contribution in [3.63, 3.8) is 0 Å². The monoisotopic (exact) mass is 828 g/mol. The Bertz CT molecular complexity index is 1530. The zero-order valence-corrected chi connectivity index (χ0v) is 36.3. The minimum Gasteiger partial charge on any atom is -0.460 e. The highest BCUT2D eigenvalue weighted by Crippen LogP contribution is 2.38. The van der Waals surface area contributed by atoms with Gasteiger partial charge in [0, 0.05) is 43.6 Å². The van der Waals surface area contributed by atoms with Crippen LogP contribution in [0.5, 0.6) is 0 Å². The molecule has 59 heavy (non-hydrogen) atoms. The zero-order valence-electron chi connectivity index (χ0n) is 36.3. The maximum atomic E-state index is 14.2. The number of Topliss-reactive ketones (excluding diaryl/α,β-unsaturated/α-hetero) is 2. The van der Waals surface area contributed by atoms with Gasteiger partial charge in [0.1, 0.15) is 23.7 Å². The molecule has 4 rings (SSSR count). The molecule has 1 saturated carbocycles. The number of ether oxygens (including phenoxy) is 2. The predicted octanol–water partition coefficient (Wildman–Crippen LogP) is 5.68. The maximum Gasteiger partial charge on any atom is 0.329 e. The first-order valence-electron chi connectivity index (χ1n) is 22.2. The van der Waals surface area contributed by atoms with Gasteiger partial charge in [0.2, 0.25) is 5.91 Å². The summed E-state index contributed by atoms with van der Waals surface area (Å²) in [6.07, 6.45) is 13.4. The third-order valence-corrected chi connectivity index (χ3v) is 13.3. The molecule has 3 heterocycles. The summed E-state index contributed by atoms with van der Waals surface area (Å²) in [5, 5.41) is 54.4. The van der Waals surface area contributed by atoms with Gasteiger partial charge in [0.05, 0.1) is 36.9 Å². The Labute approximate surface area is 351 Å². The molecule has 12 atom stereocenters. The first-order valence-corrected chi connectivity index (χ1v) is 22.2. The normalized spacial score (nSPS) is 41.5. The quantitative estimate of drug-likeness (QED) is 0.174. The lowest BCUT2D eigenvalue weighted by molar-refractivity contribution is -0.283. The molecule has 4 aliphatic rings. The lowest BCUT2D eigenvalue weighted by Gasteiger charge is -2.44. The second-order valence-electron chi connectivity index (χ2n) is 18.5. The molecule has 12 nitrogen and oxygen atoms in total. The number of allylic oxidation sites excluding steroid dienone is 6. The van der Waals surface area contributed by atoms with Crippen molar-refractivity contribution in [3.05, 3.63) is 48.1 Å². The predicted molar refractivity (Wildman–Crippen MR) is 224 cm³/mol. The second-order valence-corrected chi connectivity index (χ2v) is 18.5. The molecule has 12 heteroatoms. The Morgan fingerprint density at radius 3 is 2.15 bits per heavy atom. The van der Waals surface area contributed by atoms with E-state index in [1.807, 2.05) is 39.0 Å². The van der Waals surface area contributed by atoms with Crippen LogP contribution in [0.3, 0.4) is 0 Å². The zero-order chi connectivity index (χ0) is 43.4. The summed E-state index contributed by atoms with van der Waals surface area (Å²) in [6.45, 7) is 10.9. The van der Waals surface area contributed by atoms with E-state index in [-0.39, 0.29) is 80.0 Å². The number of carbonyl (C=O) groups is 4. The topological polar surface area (TPSA) is 191 Å². The number of ketones is 2. The van der Waals surface area contributed by atoms with Crippen molar-refractivity contribution in [1.29, 1.82) is 0 Å². The third kappa shape index (κ3) is 14.8. The standard InChI is InChI=1S/C47H73NO11/c1-29-11-9-7-8-10-12-37(50)24-39-19-13-34(6)47(57,59-39)27-45(55)48-28-38(51)18-20-40(48)46(56)58-44(33(5)23-35-14-16-36(49)17-15-35)26-43(54)32(4)22-31(3)42(53)25-41(52)30(2)21-29/h7-12,22,29-30,32-40,42,44,49-51,53,57H,13-21,23-28H2,1-6H3/b8-7+,11-9+,12-10+,31-22+/t29-,30-,32-,33-,34-,35?,36?,37-,38?,39+,40?,42+,44+,47+/m1/s1. The SMILES string of the molecule is C/C1=C\[C@@H](C)C(=O)C[C@@H]([C@H](C)CC2CCC(O)CC2)OC(=O)C2CCC(O)CN2C(=O)C[C@]2(O)O[C@@H](CC[C@H]2C)C[C@H](O)/C=C/C=C/C=C/[C@@H](C)C[C@@H](C)C(=O)C[C@@H]1O. The van der Waals surface area contributed by atoms with Gasteiger partial charge in [-0.15, -0.1) is 0 Å². The smallest absolute Gasteiger partial charge is 0.329 e. The fraction of sp³-hybridized carbons (Fsp3) is 0.745. The minimum absolute atomic E-state index is 0.0745. The molecular weight excluding hydrogens is 755 g/mol. The summed E-state index contributed by atoms with van der Waals surface area (Å²) >= 11 is 0. The summed E-state index contributed by atoms with van der Waals surface area (Å²) in [6, 6.07) is -1.05. The van der Waals surface area contributed by atoms with Crippen LogP contribution >= 0.6 is 0 Å². The Morgan fingerprint density at radius 2 is 1.46 bits per heavy atom. The van der Waals surface area contributed by atoms with Crippen molar-refractivity contribution < 1.29 is 54.2 Å². The van der Waals surface area contributed by atoms with Crippen molar-refractivity contribution in [3.8, 4) is 0 Å². The summed E-state index contributed by atoms with van der Waals surface area (Å²) < 4.78 is 12.4. The maximum absolute atomic E-state index is 14.2. The van der Waals surface area contributed by atoms with E-state index in [4.69, 9.17) is 9.47 Å². The summed E-state index contributed by atoms with van der Waals surface area (Å²) in [5.74, 6) is -4.62. The number of hydrogen-bond donors (Lipinski definition) is 5. The van der Waals surface area contributed by atoms with Crippen molar-refractivity contribution in [2.75, 3.05) is 6.54 Å². The molecule has 2 bridgehead atoms. The van der Waals surface area contributed by atoms with E-state index in [2.05, 4.69) is 0 Å². The van der Waals surface area contributed by atoms with Gasteiger partial charge in [-0.1, -0.05) is 77.2 Å². The molecule has 0 aromatic rings. The van der Waals surface area contributed by atoms with E-state index >= 15 is 0 Å². The van der Waals surface area contributed by atoms with Crippen LogP contribution in [-0.2, 0) is 28.7 Å². The summed E-state index contributed by atoms with van der Waals surface area (Å²) in [4.78, 5) is 56.5. The Hall–Kier alpha value is -3.00. The Kier molecular flexibility index (Phi) is 18.7. The van der Waals surface area contributed by atoms with Gasteiger partial charge >= 0.3 is 5.97 Å². The third-order valence-electron chi connectivity index (χ3n) is 13.3. The molecule has 5 N–H and O–H groups in total. The van der Waals surface area contributed by atoms with E-state index in [1.54, 1.807) is 45.1 Å². The fourth-order valence-corrected chi connectivity index (χ4v) is 9.17. The number of rotatable bonds is 3. The Morgan fingerprint density at radius 1 is 0.797 bits per heavy atom. The number of carbonyl (C=O) groups excluding carboxylic acids is 4. The molecular formula is C47H73NO11. The Balaban J connectivity index is 1.62. The molecule has 0 aromatic carbocycles. The van der Waals surface area contributed by atoms with Crippen LogP contribution in [0.4, 0.5) is 0 Å². The highest BCUT2D eigenvalue weighted by molar-refractivity contribution is 5.86. The fourth-order valence-electron chi connectivity index (χ4n) is 9.17. The highest BCUT2D eigenvalue weighted by atomic mass is 16.6. The minimum atomic E-state index is -1.86. The molecule has 0 radical (unpaired) electrons. The number of aliphatic hydroxyl groups is 5. The summed E-state index contributed by atoms with van der Waals surface area (Å²) in [7, 11) is 0. The average Bonchev–Trinajstić information content (AvgIpc) is 3.17. The number of cyclic esters (lactones) is 1. The number of nitrogens with zero attached hydrogens (tertiary/aromatic N) is 1. The second kappa shape index (κ2) is 22.7. The van der Waals surface area contributed by atoms with Crippen molar-refractivity contribution in [2.45, 2.75) is 180 Å². The summed E-state index contributed by atoms with van der Waals surface area (Å²) in [5.41, 5.74) is 0.508. The van der Waals surface area contributed by atoms with Crippen molar-refractivity contribution in [2.24, 2.45) is 35.5 Å². The van der Waals surface area contributed by atoms with Gasteiger partial charge in [-0.05, 0) is 94.5 Å². The van der Waals surface area contributed by atoms with E-state index in [1.165, 1.54) is 4.90 Å². The largest absolute Gasteiger partial charge is 0.460 e. The van der Waals surface area contributed by atoms with Crippen LogP contribution in [0.25, 0.3) is 0 Å². The number of piperidine rings is 1. The lowest BCUT2D eigenvalue weighted by Crippen LogP contribution is -2.57. The van der Waals surface area contributed by atoms with E-state index in [0.717, 1.165) is 12.8 Å². The van der Waals surface area contributed by atoms with E-state index in [0.29, 0.717) is 44.1 Å². The van der Waals surface area contributed by atoms with Gasteiger partial charge in [-0.3, -0.25) is 14.4 Å². The van der Waals surface area contributed by atoms with Gasteiger partial charge in [0.25, 0.3) is 0 Å². The van der Waals surface area contributed by atoms with Crippen LogP contribution in [0.15, 0.2) is 48.1 Å². The van der Waals surface area contributed by atoms with Crippen LogP contribution in [-0.4, -0.2) is 109 Å². The van der Waals surface area contributed by atoms with E-state index in [9.17, 15) is 44.7 Å². The highest BCUT2D eigenvalue weighted by Gasteiger charge is 2.47. The molecule has 1 amide bonds. The van der Waals surface area contributed by atoms with Crippen LogP contribution in [0.2, 0.25) is 0 Å². The number of hydrogen-bond acceptors (Lipinski definition) is 11.